The lowest BCUT2D eigenvalue weighted by Gasteiger charge is -2.18. The van der Waals surface area contributed by atoms with E-state index in [2.05, 4.69) is 224 Å². The van der Waals surface area contributed by atoms with Gasteiger partial charge in [0.1, 0.15) is 0 Å². The summed E-state index contributed by atoms with van der Waals surface area (Å²) in [5.74, 6) is 0. The lowest BCUT2D eigenvalue weighted by Crippen LogP contribution is -2.08. The first-order valence-corrected chi connectivity index (χ1v) is 19.6. The monoisotopic (exact) mass is 728 g/mol. The van der Waals surface area contributed by atoms with Crippen molar-refractivity contribution in [3.05, 3.63) is 229 Å². The van der Waals surface area contributed by atoms with Crippen LogP contribution in [-0.4, -0.2) is 0 Å². The minimum Gasteiger partial charge on any atom is -0.355 e. The quantitative estimate of drug-likeness (QED) is 0.121. The minimum atomic E-state index is -0.324. The van der Waals surface area contributed by atoms with Crippen LogP contribution < -0.4 is 11.1 Å². The average molecular weight is 729 g/mol. The van der Waals surface area contributed by atoms with Gasteiger partial charge in [-0.05, 0) is 106 Å². The third-order valence-corrected chi connectivity index (χ3v) is 11.3. The van der Waals surface area contributed by atoms with Crippen LogP contribution >= 0.6 is 0 Å². The van der Waals surface area contributed by atoms with E-state index in [9.17, 15) is 0 Å². The number of nitrogens with two attached hydrogens (primary N) is 1. The smallest absolute Gasteiger partial charge is 0.0490 e. The van der Waals surface area contributed by atoms with E-state index in [1.165, 1.54) is 65.0 Å². The largest absolute Gasteiger partial charge is 0.355 e. The van der Waals surface area contributed by atoms with Crippen molar-refractivity contribution < 1.29 is 0 Å². The number of fused-ring (bicyclic) bond motifs is 7. The van der Waals surface area contributed by atoms with Gasteiger partial charge in [-0.3, -0.25) is 0 Å². The van der Waals surface area contributed by atoms with Crippen molar-refractivity contribution in [3.8, 4) is 11.1 Å². The molecule has 3 N–H and O–H groups in total. The molecule has 2 heteroatoms. The number of allylic oxidation sites excluding steroid dienone is 2. The molecule has 0 saturated heterocycles. The summed E-state index contributed by atoms with van der Waals surface area (Å²) >= 11 is 0. The van der Waals surface area contributed by atoms with Crippen LogP contribution in [0.2, 0.25) is 0 Å². The molecule has 10 rings (SSSR count). The second-order valence-corrected chi connectivity index (χ2v) is 14.7. The average Bonchev–Trinajstić information content (AvgIpc) is 3.27. The van der Waals surface area contributed by atoms with Gasteiger partial charge in [-0.25, -0.2) is 0 Å². The number of anilines is 2. The Hall–Kier alpha value is -7.26. The molecule has 0 aliphatic heterocycles. The Labute approximate surface area is 332 Å². The molecule has 0 fully saturated rings. The van der Waals surface area contributed by atoms with Crippen molar-refractivity contribution >= 4 is 76.9 Å². The Bertz CT molecular complexity index is 3160. The second-order valence-electron chi connectivity index (χ2n) is 14.7. The summed E-state index contributed by atoms with van der Waals surface area (Å²) < 4.78 is 0. The van der Waals surface area contributed by atoms with Crippen LogP contribution in [-0.2, 0) is 0 Å². The second kappa shape index (κ2) is 14.8. The summed E-state index contributed by atoms with van der Waals surface area (Å²) in [7, 11) is 0. The van der Waals surface area contributed by atoms with Gasteiger partial charge in [-0.1, -0.05) is 194 Å². The SMILES string of the molecule is NC(/C=C(\C=C\c1cccc2ccccc12)c1cccc2ccccc12)c1ccc(Nc2ccccc2-c2cc3ccccc3c3ccc4ccccc4c23)cc1. The van der Waals surface area contributed by atoms with E-state index in [0.29, 0.717) is 0 Å². The lowest BCUT2D eigenvalue weighted by molar-refractivity contribution is 0.914. The highest BCUT2D eigenvalue weighted by molar-refractivity contribution is 6.23. The van der Waals surface area contributed by atoms with Gasteiger partial charge in [0.05, 0.1) is 0 Å². The van der Waals surface area contributed by atoms with Crippen LogP contribution in [0.5, 0.6) is 0 Å². The fourth-order valence-electron chi connectivity index (χ4n) is 8.44. The number of hydrogen-bond donors (Lipinski definition) is 2. The van der Waals surface area contributed by atoms with Gasteiger partial charge in [0.2, 0.25) is 0 Å². The van der Waals surface area contributed by atoms with Gasteiger partial charge < -0.3 is 11.1 Å². The molecule has 0 radical (unpaired) electrons. The molecule has 0 heterocycles. The van der Waals surface area contributed by atoms with Crippen molar-refractivity contribution in [1.29, 1.82) is 0 Å². The van der Waals surface area contributed by atoms with Crippen molar-refractivity contribution in [2.45, 2.75) is 6.04 Å². The Kier molecular flexibility index (Phi) is 8.87. The molecule has 0 aliphatic carbocycles. The molecule has 1 atom stereocenters. The molecule has 0 spiro atoms. The Balaban J connectivity index is 1.01. The maximum Gasteiger partial charge on any atom is 0.0490 e. The molecule has 10 aromatic carbocycles. The van der Waals surface area contributed by atoms with Crippen LogP contribution in [0.4, 0.5) is 11.4 Å². The van der Waals surface area contributed by atoms with Gasteiger partial charge in [0.15, 0.2) is 0 Å². The van der Waals surface area contributed by atoms with Crippen molar-refractivity contribution in [2.24, 2.45) is 5.73 Å². The molecule has 0 aliphatic rings. The molecule has 1 unspecified atom stereocenters. The maximum atomic E-state index is 7.05. The van der Waals surface area contributed by atoms with E-state index >= 15 is 0 Å². The minimum absolute atomic E-state index is 0.324. The Morgan fingerprint density at radius 3 is 1.84 bits per heavy atom. The van der Waals surface area contributed by atoms with Crippen molar-refractivity contribution in [3.63, 3.8) is 0 Å². The van der Waals surface area contributed by atoms with Crippen LogP contribution in [0.3, 0.4) is 0 Å². The van der Waals surface area contributed by atoms with Crippen LogP contribution in [0.25, 0.3) is 76.6 Å². The summed E-state index contributed by atoms with van der Waals surface area (Å²) in [6.07, 6.45) is 6.63. The summed E-state index contributed by atoms with van der Waals surface area (Å²) in [6, 6.07) is 71.1. The zero-order valence-corrected chi connectivity index (χ0v) is 31.4. The van der Waals surface area contributed by atoms with Gasteiger partial charge in [0, 0.05) is 23.0 Å². The molecule has 0 bridgehead atoms. The van der Waals surface area contributed by atoms with E-state index < -0.39 is 0 Å². The van der Waals surface area contributed by atoms with Crippen LogP contribution in [0.15, 0.2) is 212 Å². The third-order valence-electron chi connectivity index (χ3n) is 11.3. The summed E-state index contributed by atoms with van der Waals surface area (Å²) in [5.41, 5.74) is 15.9. The number of hydrogen-bond acceptors (Lipinski definition) is 2. The zero-order chi connectivity index (χ0) is 38.1. The molecular weight excluding hydrogens is 689 g/mol. The van der Waals surface area contributed by atoms with Gasteiger partial charge in [-0.2, -0.15) is 0 Å². The fourth-order valence-corrected chi connectivity index (χ4v) is 8.44. The molecule has 10 aromatic rings. The van der Waals surface area contributed by atoms with Crippen LogP contribution in [0, 0.1) is 0 Å². The highest BCUT2D eigenvalue weighted by Crippen LogP contribution is 2.42. The van der Waals surface area contributed by atoms with Crippen molar-refractivity contribution in [1.82, 2.24) is 0 Å². The van der Waals surface area contributed by atoms with Gasteiger partial charge >= 0.3 is 0 Å². The standard InChI is InChI=1S/C55H40N2/c56-53(36-43(47-25-12-19-38-14-2-6-21-46(38)47)28-27-39-18-11-17-37-13-1-5-20-45(37)39)41-29-32-44(33-30-41)57-54-26-10-9-24-50(54)52-35-42-16-4-7-22-48(42)51-34-31-40-15-3-8-23-49(40)55(51)52/h1-36,53,57H,56H2/b28-27+,43-36+. The first-order valence-electron chi connectivity index (χ1n) is 19.6. The maximum absolute atomic E-state index is 7.05. The highest BCUT2D eigenvalue weighted by atomic mass is 14.9. The number of rotatable bonds is 8. The van der Waals surface area contributed by atoms with E-state index in [1.807, 2.05) is 0 Å². The third kappa shape index (κ3) is 6.53. The summed E-state index contributed by atoms with van der Waals surface area (Å²) in [4.78, 5) is 0. The Morgan fingerprint density at radius 1 is 0.456 bits per heavy atom. The molecule has 57 heavy (non-hydrogen) atoms. The highest BCUT2D eigenvalue weighted by Gasteiger charge is 2.15. The normalized spacial score (nSPS) is 12.6. The zero-order valence-electron chi connectivity index (χ0n) is 31.4. The molecular formula is C55H40N2. The molecule has 2 nitrogen and oxygen atoms in total. The fraction of sp³-hybridized carbons (Fsp3) is 0.0182. The lowest BCUT2D eigenvalue weighted by atomic mass is 9.89. The molecule has 0 aromatic heterocycles. The predicted octanol–water partition coefficient (Wildman–Crippen LogP) is 14.7. The molecule has 0 saturated carbocycles. The van der Waals surface area contributed by atoms with E-state index in [4.69, 9.17) is 5.73 Å². The number of nitrogens with one attached hydrogen (secondary N) is 1. The van der Waals surface area contributed by atoms with Gasteiger partial charge in [-0.15, -0.1) is 0 Å². The molecule has 0 amide bonds. The van der Waals surface area contributed by atoms with Crippen LogP contribution in [0.1, 0.15) is 22.7 Å². The van der Waals surface area contributed by atoms with Gasteiger partial charge in [0.25, 0.3) is 0 Å². The predicted molar refractivity (Wildman–Crippen MR) is 246 cm³/mol. The summed E-state index contributed by atoms with van der Waals surface area (Å²) in [5, 5.41) is 16.1. The first-order chi connectivity index (χ1) is 28.2. The summed E-state index contributed by atoms with van der Waals surface area (Å²) in [6.45, 7) is 0. The molecule has 270 valence electrons. The number of benzene rings is 10. The van der Waals surface area contributed by atoms with E-state index in [1.54, 1.807) is 0 Å². The Morgan fingerprint density at radius 2 is 1.05 bits per heavy atom. The van der Waals surface area contributed by atoms with Crippen molar-refractivity contribution in [2.75, 3.05) is 5.32 Å². The van der Waals surface area contributed by atoms with E-state index in [-0.39, 0.29) is 6.04 Å². The topological polar surface area (TPSA) is 38.0 Å². The number of para-hydroxylation sites is 1. The first kappa shape index (κ1) is 34.2. The van der Waals surface area contributed by atoms with E-state index in [0.717, 1.165) is 33.6 Å².